The summed E-state index contributed by atoms with van der Waals surface area (Å²) in [6, 6.07) is 7.04. The molecule has 26 heavy (non-hydrogen) atoms. The quantitative estimate of drug-likeness (QED) is 0.806. The second-order valence-electron chi connectivity index (χ2n) is 8.25. The van der Waals surface area contributed by atoms with Gasteiger partial charge in [-0.1, -0.05) is 31.4 Å². The molecule has 1 saturated heterocycles. The minimum Gasteiger partial charge on any atom is -0.376 e. The van der Waals surface area contributed by atoms with Crippen LogP contribution in [0.3, 0.4) is 0 Å². The van der Waals surface area contributed by atoms with Gasteiger partial charge in [0, 0.05) is 12.5 Å². The Morgan fingerprint density at radius 2 is 1.73 bits per heavy atom. The largest absolute Gasteiger partial charge is 0.376 e. The third-order valence-corrected chi connectivity index (χ3v) is 5.98. The molecule has 1 N–H and O–H groups in total. The highest BCUT2D eigenvalue weighted by Crippen LogP contribution is 2.38. The zero-order valence-electron chi connectivity index (χ0n) is 16.0. The number of carbonyl (C=O) groups excluding carboxylic acids is 1. The lowest BCUT2D eigenvalue weighted by molar-refractivity contribution is -0.123. The van der Waals surface area contributed by atoms with Crippen LogP contribution in [-0.2, 0) is 9.53 Å². The standard InChI is InChI=1S/C22H32FNO2/c1-15-12-18(13-16(2)26-15)21(17-8-10-19(23)11-9-17)14-22(25)24-20-6-4-3-5-7-20/h8-11,15-16,18,20-21H,3-7,12-14H2,1-2H3,(H,24,25). The number of benzene rings is 1. The summed E-state index contributed by atoms with van der Waals surface area (Å²) in [6.07, 6.45) is 8.67. The van der Waals surface area contributed by atoms with Gasteiger partial charge in [-0.05, 0) is 69.1 Å². The molecule has 2 fully saturated rings. The Balaban J connectivity index is 1.71. The van der Waals surface area contributed by atoms with Crippen LogP contribution < -0.4 is 5.32 Å². The van der Waals surface area contributed by atoms with E-state index < -0.39 is 0 Å². The molecular weight excluding hydrogens is 329 g/mol. The Labute approximate surface area is 156 Å². The van der Waals surface area contributed by atoms with E-state index in [-0.39, 0.29) is 29.9 Å². The number of nitrogens with one attached hydrogen (secondary N) is 1. The minimum atomic E-state index is -0.229. The third kappa shape index (κ3) is 5.29. The first-order valence-electron chi connectivity index (χ1n) is 10.2. The smallest absolute Gasteiger partial charge is 0.220 e. The molecule has 1 amide bonds. The molecule has 144 valence electrons. The van der Waals surface area contributed by atoms with Gasteiger partial charge in [-0.25, -0.2) is 4.39 Å². The monoisotopic (exact) mass is 361 g/mol. The first kappa shape index (κ1) is 19.3. The maximum atomic E-state index is 13.4. The van der Waals surface area contributed by atoms with Crippen LogP contribution in [0.25, 0.3) is 0 Å². The summed E-state index contributed by atoms with van der Waals surface area (Å²) in [5.74, 6) is 0.412. The van der Waals surface area contributed by atoms with Crippen molar-refractivity contribution in [3.8, 4) is 0 Å². The molecule has 2 aliphatic rings. The molecule has 0 radical (unpaired) electrons. The molecule has 0 bridgehead atoms. The fourth-order valence-corrected chi connectivity index (χ4v) is 4.79. The highest BCUT2D eigenvalue weighted by atomic mass is 19.1. The van der Waals surface area contributed by atoms with Crippen LogP contribution in [0.1, 0.15) is 76.7 Å². The summed E-state index contributed by atoms with van der Waals surface area (Å²) in [7, 11) is 0. The van der Waals surface area contributed by atoms with Crippen LogP contribution in [0.4, 0.5) is 4.39 Å². The van der Waals surface area contributed by atoms with Gasteiger partial charge < -0.3 is 10.1 Å². The van der Waals surface area contributed by atoms with Gasteiger partial charge in [-0.3, -0.25) is 4.79 Å². The topological polar surface area (TPSA) is 38.3 Å². The van der Waals surface area contributed by atoms with Gasteiger partial charge >= 0.3 is 0 Å². The zero-order valence-corrected chi connectivity index (χ0v) is 16.0. The van der Waals surface area contributed by atoms with Gasteiger partial charge in [0.1, 0.15) is 5.82 Å². The Morgan fingerprint density at radius 1 is 1.12 bits per heavy atom. The number of hydrogen-bond acceptors (Lipinski definition) is 2. The first-order valence-corrected chi connectivity index (χ1v) is 10.2. The number of carbonyl (C=O) groups is 1. The van der Waals surface area contributed by atoms with Crippen LogP contribution in [0.5, 0.6) is 0 Å². The van der Waals surface area contributed by atoms with E-state index in [2.05, 4.69) is 19.2 Å². The molecule has 1 heterocycles. The van der Waals surface area contributed by atoms with Gasteiger partial charge in [0.15, 0.2) is 0 Å². The lowest BCUT2D eigenvalue weighted by atomic mass is 9.76. The number of ether oxygens (including phenoxy) is 1. The summed E-state index contributed by atoms with van der Waals surface area (Å²) < 4.78 is 19.3. The van der Waals surface area contributed by atoms with E-state index in [1.165, 1.54) is 31.4 Å². The van der Waals surface area contributed by atoms with Crippen LogP contribution in [-0.4, -0.2) is 24.2 Å². The van der Waals surface area contributed by atoms with Crippen molar-refractivity contribution in [1.29, 1.82) is 0 Å². The highest BCUT2D eigenvalue weighted by molar-refractivity contribution is 5.77. The van der Waals surface area contributed by atoms with E-state index in [9.17, 15) is 9.18 Å². The van der Waals surface area contributed by atoms with Crippen molar-refractivity contribution >= 4 is 5.91 Å². The Bertz CT molecular complexity index is 572. The van der Waals surface area contributed by atoms with Gasteiger partial charge in [-0.2, -0.15) is 0 Å². The van der Waals surface area contributed by atoms with Gasteiger partial charge in [0.25, 0.3) is 0 Å². The molecule has 1 aliphatic heterocycles. The molecule has 3 unspecified atom stereocenters. The molecule has 4 heteroatoms. The van der Waals surface area contributed by atoms with Crippen molar-refractivity contribution in [2.75, 3.05) is 0 Å². The van der Waals surface area contributed by atoms with Crippen LogP contribution in [0, 0.1) is 11.7 Å². The average Bonchev–Trinajstić information content (AvgIpc) is 2.60. The second kappa shape index (κ2) is 8.98. The molecule has 3 atom stereocenters. The van der Waals surface area contributed by atoms with Crippen molar-refractivity contribution in [2.24, 2.45) is 5.92 Å². The molecule has 0 spiro atoms. The van der Waals surface area contributed by atoms with Crippen LogP contribution in [0.15, 0.2) is 24.3 Å². The molecule has 3 nitrogen and oxygen atoms in total. The minimum absolute atomic E-state index is 0.119. The predicted octanol–water partition coefficient (Wildman–Crippen LogP) is 4.95. The van der Waals surface area contributed by atoms with Crippen LogP contribution >= 0.6 is 0 Å². The summed E-state index contributed by atoms with van der Waals surface area (Å²) >= 11 is 0. The van der Waals surface area contributed by atoms with Crippen molar-refractivity contribution in [1.82, 2.24) is 5.32 Å². The Morgan fingerprint density at radius 3 is 2.35 bits per heavy atom. The predicted molar refractivity (Wildman–Crippen MR) is 102 cm³/mol. The van der Waals surface area contributed by atoms with Crippen molar-refractivity contribution in [2.45, 2.75) is 89.4 Å². The normalized spacial score (nSPS) is 28.5. The number of rotatable bonds is 5. The molecule has 1 aromatic rings. The van der Waals surface area contributed by atoms with E-state index in [0.29, 0.717) is 18.4 Å². The maximum absolute atomic E-state index is 13.4. The fourth-order valence-electron chi connectivity index (χ4n) is 4.79. The molecule has 3 rings (SSSR count). The third-order valence-electron chi connectivity index (χ3n) is 5.98. The molecule has 1 aliphatic carbocycles. The molecule has 0 aromatic heterocycles. The van der Waals surface area contributed by atoms with Crippen LogP contribution in [0.2, 0.25) is 0 Å². The lowest BCUT2D eigenvalue weighted by Gasteiger charge is -2.37. The summed E-state index contributed by atoms with van der Waals surface area (Å²) in [5, 5.41) is 3.25. The molecular formula is C22H32FNO2. The van der Waals surface area contributed by atoms with Gasteiger partial charge in [-0.15, -0.1) is 0 Å². The van der Waals surface area contributed by atoms with Gasteiger partial charge in [0.05, 0.1) is 12.2 Å². The van der Waals surface area contributed by atoms with E-state index in [4.69, 9.17) is 4.74 Å². The SMILES string of the molecule is CC1CC(C(CC(=O)NC2CCCCC2)c2ccc(F)cc2)CC(C)O1. The number of hydrogen-bond donors (Lipinski definition) is 1. The van der Waals surface area contributed by atoms with E-state index in [1.807, 2.05) is 12.1 Å². The van der Waals surface area contributed by atoms with E-state index in [0.717, 1.165) is 31.2 Å². The number of halogens is 1. The summed E-state index contributed by atoms with van der Waals surface area (Å²) in [6.45, 7) is 4.21. The summed E-state index contributed by atoms with van der Waals surface area (Å²) in [4.78, 5) is 12.8. The second-order valence-corrected chi connectivity index (χ2v) is 8.25. The highest BCUT2D eigenvalue weighted by Gasteiger charge is 2.33. The fraction of sp³-hybridized carbons (Fsp3) is 0.682. The lowest BCUT2D eigenvalue weighted by Crippen LogP contribution is -2.39. The zero-order chi connectivity index (χ0) is 18.5. The van der Waals surface area contributed by atoms with E-state index in [1.54, 1.807) is 0 Å². The Hall–Kier alpha value is -1.42. The van der Waals surface area contributed by atoms with Gasteiger partial charge in [0.2, 0.25) is 5.91 Å². The van der Waals surface area contributed by atoms with E-state index >= 15 is 0 Å². The van der Waals surface area contributed by atoms with Crippen molar-refractivity contribution < 1.29 is 13.9 Å². The average molecular weight is 362 g/mol. The van der Waals surface area contributed by atoms with Crippen molar-refractivity contribution in [3.63, 3.8) is 0 Å². The summed E-state index contributed by atoms with van der Waals surface area (Å²) in [5.41, 5.74) is 1.07. The Kier molecular flexibility index (Phi) is 6.68. The first-order chi connectivity index (χ1) is 12.5. The van der Waals surface area contributed by atoms with Crippen molar-refractivity contribution in [3.05, 3.63) is 35.6 Å². The molecule has 1 saturated carbocycles. The molecule has 1 aromatic carbocycles. The maximum Gasteiger partial charge on any atom is 0.220 e. The number of amides is 1.